The van der Waals surface area contributed by atoms with Gasteiger partial charge < -0.3 is 14.2 Å². The molecule has 4 nitrogen and oxygen atoms in total. The Morgan fingerprint density at radius 3 is 2.20 bits per heavy atom. The fourth-order valence-electron chi connectivity index (χ4n) is 3.51. The van der Waals surface area contributed by atoms with Crippen LogP contribution in [0.3, 0.4) is 0 Å². The number of benzene rings is 4. The van der Waals surface area contributed by atoms with Crippen molar-refractivity contribution >= 4 is 27.6 Å². The first kappa shape index (κ1) is 24.1. The van der Waals surface area contributed by atoms with Gasteiger partial charge in [-0.05, 0) is 53.1 Å². The van der Waals surface area contributed by atoms with E-state index in [1.807, 2.05) is 103 Å². The van der Waals surface area contributed by atoms with E-state index >= 15 is 0 Å². The van der Waals surface area contributed by atoms with Crippen molar-refractivity contribution in [3.05, 3.63) is 124 Å². The number of nitrogens with zero attached hydrogens (tertiary/aromatic N) is 1. The Bertz CT molecular complexity index is 1340. The zero-order valence-electron chi connectivity index (χ0n) is 19.3. The molecule has 0 aliphatic rings. The molecule has 0 atom stereocenters. The molecule has 0 spiro atoms. The largest absolute Gasteiger partial charge is 0.493 e. The Labute approximate surface area is 214 Å². The minimum atomic E-state index is 0.348. The molecule has 0 heterocycles. The van der Waals surface area contributed by atoms with Gasteiger partial charge in [0.2, 0.25) is 0 Å². The normalized spacial score (nSPS) is 10.9. The third kappa shape index (κ3) is 6.53. The van der Waals surface area contributed by atoms with Gasteiger partial charge in [0, 0.05) is 10.0 Å². The van der Waals surface area contributed by atoms with E-state index in [4.69, 9.17) is 14.2 Å². The van der Waals surface area contributed by atoms with E-state index in [-0.39, 0.29) is 0 Å². The van der Waals surface area contributed by atoms with Crippen LogP contribution < -0.4 is 14.2 Å². The maximum atomic E-state index is 9.71. The number of nitriles is 1. The molecular weight excluding hydrogens is 502 g/mol. The number of ether oxygens (including phenoxy) is 3. The molecule has 5 heteroatoms. The fraction of sp³-hybridized carbons (Fsp3) is 0.100. The van der Waals surface area contributed by atoms with Crippen molar-refractivity contribution in [3.63, 3.8) is 0 Å². The zero-order valence-corrected chi connectivity index (χ0v) is 20.9. The monoisotopic (exact) mass is 525 g/mol. The van der Waals surface area contributed by atoms with Gasteiger partial charge in [0.1, 0.15) is 19.0 Å². The van der Waals surface area contributed by atoms with E-state index in [1.165, 1.54) is 0 Å². The Hall–Kier alpha value is -4.01. The van der Waals surface area contributed by atoms with Gasteiger partial charge in [-0.2, -0.15) is 5.26 Å². The quantitative estimate of drug-likeness (QED) is 0.166. The molecule has 0 unspecified atom stereocenters. The highest BCUT2D eigenvalue weighted by molar-refractivity contribution is 9.10. The summed E-state index contributed by atoms with van der Waals surface area (Å²) < 4.78 is 18.6. The number of methoxy groups -OCH3 is 1. The van der Waals surface area contributed by atoms with Crippen LogP contribution in [0.5, 0.6) is 17.2 Å². The molecule has 4 aromatic rings. The molecule has 0 saturated heterocycles. The molecule has 0 bridgehead atoms. The highest BCUT2D eigenvalue weighted by Crippen LogP contribution is 2.30. The second-order valence-corrected chi connectivity index (χ2v) is 8.68. The van der Waals surface area contributed by atoms with Crippen LogP contribution in [0.1, 0.15) is 22.3 Å². The van der Waals surface area contributed by atoms with E-state index in [9.17, 15) is 5.26 Å². The lowest BCUT2D eigenvalue weighted by molar-refractivity contribution is 0.281. The van der Waals surface area contributed by atoms with Crippen molar-refractivity contribution in [3.8, 4) is 23.3 Å². The molecule has 4 aromatic carbocycles. The van der Waals surface area contributed by atoms with Crippen molar-refractivity contribution in [1.82, 2.24) is 0 Å². The van der Waals surface area contributed by atoms with Gasteiger partial charge in [-0.3, -0.25) is 0 Å². The molecule has 0 aliphatic heterocycles. The molecule has 35 heavy (non-hydrogen) atoms. The van der Waals surface area contributed by atoms with Gasteiger partial charge in [-0.15, -0.1) is 0 Å². The highest BCUT2D eigenvalue weighted by atomic mass is 79.9. The van der Waals surface area contributed by atoms with Crippen molar-refractivity contribution in [2.24, 2.45) is 0 Å². The lowest BCUT2D eigenvalue weighted by atomic mass is 10.0. The molecule has 0 saturated carbocycles. The Morgan fingerprint density at radius 1 is 0.771 bits per heavy atom. The number of allylic oxidation sites excluding steroid dienone is 1. The Balaban J connectivity index is 1.48. The second kappa shape index (κ2) is 11.9. The summed E-state index contributed by atoms with van der Waals surface area (Å²) in [5.41, 5.74) is 4.28. The van der Waals surface area contributed by atoms with Crippen molar-refractivity contribution in [1.29, 1.82) is 5.26 Å². The molecule has 0 N–H and O–H groups in total. The van der Waals surface area contributed by atoms with Crippen LogP contribution in [0.4, 0.5) is 0 Å². The summed E-state index contributed by atoms with van der Waals surface area (Å²) >= 11 is 3.43. The van der Waals surface area contributed by atoms with Gasteiger partial charge in [-0.1, -0.05) is 82.7 Å². The Morgan fingerprint density at radius 2 is 1.46 bits per heavy atom. The summed E-state index contributed by atoms with van der Waals surface area (Å²) in [6.07, 6.45) is 1.85. The van der Waals surface area contributed by atoms with Crippen LogP contribution >= 0.6 is 15.9 Å². The van der Waals surface area contributed by atoms with Crippen LogP contribution in [-0.2, 0) is 13.2 Å². The molecule has 174 valence electrons. The smallest absolute Gasteiger partial charge is 0.161 e. The number of para-hydroxylation sites is 1. The number of hydrogen-bond donors (Lipinski definition) is 0. The minimum Gasteiger partial charge on any atom is -0.493 e. The Kier molecular flexibility index (Phi) is 8.21. The molecule has 0 aromatic heterocycles. The standard InChI is InChI=1S/C30H24BrNO3/c1-33-30-17-23(11-16-29(30)35-20-22-7-3-2-4-8-22)21-34-28-10-6-5-9-25(28)18-26(19-32)24-12-14-27(31)15-13-24/h2-18H,20-21H2,1H3/b26-18+. The topological polar surface area (TPSA) is 51.5 Å². The van der Waals surface area contributed by atoms with E-state index < -0.39 is 0 Å². The SMILES string of the molecule is COc1cc(COc2ccccc2/C=C(\C#N)c2ccc(Br)cc2)ccc1OCc1ccccc1. The zero-order chi connectivity index (χ0) is 24.5. The number of hydrogen-bond acceptors (Lipinski definition) is 4. The van der Waals surface area contributed by atoms with Crippen molar-refractivity contribution < 1.29 is 14.2 Å². The fourth-order valence-corrected chi connectivity index (χ4v) is 3.78. The minimum absolute atomic E-state index is 0.348. The third-order valence-corrected chi connectivity index (χ3v) is 5.88. The van der Waals surface area contributed by atoms with E-state index in [1.54, 1.807) is 7.11 Å². The summed E-state index contributed by atoms with van der Waals surface area (Å²) in [4.78, 5) is 0. The van der Waals surface area contributed by atoms with Crippen LogP contribution in [0.2, 0.25) is 0 Å². The van der Waals surface area contributed by atoms with Crippen molar-refractivity contribution in [2.75, 3.05) is 7.11 Å². The maximum absolute atomic E-state index is 9.71. The van der Waals surface area contributed by atoms with Crippen molar-refractivity contribution in [2.45, 2.75) is 13.2 Å². The first-order chi connectivity index (χ1) is 17.2. The van der Waals surface area contributed by atoms with Gasteiger partial charge in [0.15, 0.2) is 11.5 Å². The molecule has 0 aliphatic carbocycles. The predicted octanol–water partition coefficient (Wildman–Crippen LogP) is 7.68. The third-order valence-electron chi connectivity index (χ3n) is 5.35. The number of halogens is 1. The van der Waals surface area contributed by atoms with Crippen LogP contribution in [0, 0.1) is 11.3 Å². The summed E-state index contributed by atoms with van der Waals surface area (Å²) in [6.45, 7) is 0.812. The van der Waals surface area contributed by atoms with E-state index in [2.05, 4.69) is 22.0 Å². The van der Waals surface area contributed by atoms with Gasteiger partial charge in [-0.25, -0.2) is 0 Å². The summed E-state index contributed by atoms with van der Waals surface area (Å²) in [5, 5.41) is 9.71. The molecule has 4 rings (SSSR count). The van der Waals surface area contributed by atoms with E-state index in [0.717, 1.165) is 26.7 Å². The first-order valence-electron chi connectivity index (χ1n) is 11.1. The maximum Gasteiger partial charge on any atom is 0.161 e. The molecule has 0 radical (unpaired) electrons. The molecular formula is C30H24BrNO3. The van der Waals surface area contributed by atoms with Gasteiger partial charge >= 0.3 is 0 Å². The lowest BCUT2D eigenvalue weighted by Gasteiger charge is -2.14. The van der Waals surface area contributed by atoms with Crippen LogP contribution in [0.15, 0.2) is 102 Å². The average molecular weight is 526 g/mol. The summed E-state index contributed by atoms with van der Waals surface area (Å²) in [5.74, 6) is 2.02. The van der Waals surface area contributed by atoms with Crippen LogP contribution in [0.25, 0.3) is 11.6 Å². The molecule has 0 amide bonds. The van der Waals surface area contributed by atoms with Gasteiger partial charge in [0.05, 0.1) is 18.8 Å². The summed E-state index contributed by atoms with van der Waals surface area (Å²) in [6, 6.07) is 33.4. The molecule has 0 fully saturated rings. The summed E-state index contributed by atoms with van der Waals surface area (Å²) in [7, 11) is 1.63. The first-order valence-corrected chi connectivity index (χ1v) is 11.9. The van der Waals surface area contributed by atoms with Gasteiger partial charge in [0.25, 0.3) is 0 Å². The lowest BCUT2D eigenvalue weighted by Crippen LogP contribution is -2.00. The second-order valence-electron chi connectivity index (χ2n) is 7.76. The predicted molar refractivity (Wildman–Crippen MR) is 142 cm³/mol. The average Bonchev–Trinajstić information content (AvgIpc) is 2.91. The van der Waals surface area contributed by atoms with E-state index in [0.29, 0.717) is 36.0 Å². The van der Waals surface area contributed by atoms with Crippen LogP contribution in [-0.4, -0.2) is 7.11 Å². The number of rotatable bonds is 9. The highest BCUT2D eigenvalue weighted by Gasteiger charge is 2.09.